The number of nitro groups is 1. The number of halogens is 1. The van der Waals surface area contributed by atoms with Crippen LogP contribution >= 0.6 is 11.6 Å². The molecule has 0 aromatic heterocycles. The molecular formula is C9H9ClN2O4. The lowest BCUT2D eigenvalue weighted by molar-refractivity contribution is -0.385. The maximum atomic E-state index is 10.7. The van der Waals surface area contributed by atoms with E-state index in [-0.39, 0.29) is 24.3 Å². The number of carbonyl (C=O) groups excluding carboxylic acids is 1. The largest absolute Gasteiger partial charge is 0.466 e. The zero-order valence-electron chi connectivity index (χ0n) is 8.13. The molecule has 2 N–H and O–H groups in total. The summed E-state index contributed by atoms with van der Waals surface area (Å²) >= 11 is 5.71. The molecule has 1 aromatic carbocycles. The Labute approximate surface area is 96.1 Å². The molecule has 0 radical (unpaired) electrons. The van der Waals surface area contributed by atoms with Crippen molar-refractivity contribution in [3.05, 3.63) is 38.9 Å². The molecule has 1 atom stereocenters. The highest BCUT2D eigenvalue weighted by Gasteiger charge is 2.19. The zero-order chi connectivity index (χ0) is 12.1. The summed E-state index contributed by atoms with van der Waals surface area (Å²) in [5, 5.41) is 11.0. The van der Waals surface area contributed by atoms with Gasteiger partial charge in [-0.1, -0.05) is 11.6 Å². The van der Waals surface area contributed by atoms with Gasteiger partial charge < -0.3 is 10.5 Å². The van der Waals surface area contributed by atoms with Crippen LogP contribution in [0.2, 0.25) is 5.02 Å². The molecule has 0 spiro atoms. The number of nitrogens with zero attached hydrogens (tertiary/aromatic N) is 1. The van der Waals surface area contributed by atoms with E-state index in [4.69, 9.17) is 17.3 Å². The summed E-state index contributed by atoms with van der Waals surface area (Å²) in [6.45, 7) is 0.0981. The van der Waals surface area contributed by atoms with Crippen molar-refractivity contribution in [3.63, 3.8) is 0 Å². The fourth-order valence-corrected chi connectivity index (χ4v) is 1.40. The van der Waals surface area contributed by atoms with Gasteiger partial charge in [-0.05, 0) is 12.1 Å². The van der Waals surface area contributed by atoms with Gasteiger partial charge in [-0.25, -0.2) is 0 Å². The van der Waals surface area contributed by atoms with Gasteiger partial charge in [0.15, 0.2) is 0 Å². The Morgan fingerprint density at radius 3 is 2.88 bits per heavy atom. The van der Waals surface area contributed by atoms with Crippen LogP contribution in [0.1, 0.15) is 11.6 Å². The van der Waals surface area contributed by atoms with Crippen molar-refractivity contribution >= 4 is 23.8 Å². The summed E-state index contributed by atoms with van der Waals surface area (Å²) in [4.78, 5) is 20.1. The molecule has 0 saturated carbocycles. The lowest BCUT2D eigenvalue weighted by Gasteiger charge is -2.11. The van der Waals surface area contributed by atoms with Crippen molar-refractivity contribution in [1.82, 2.24) is 0 Å². The van der Waals surface area contributed by atoms with E-state index in [0.717, 1.165) is 0 Å². The van der Waals surface area contributed by atoms with E-state index < -0.39 is 11.0 Å². The van der Waals surface area contributed by atoms with Crippen LogP contribution in [0, 0.1) is 10.1 Å². The molecule has 0 fully saturated rings. The van der Waals surface area contributed by atoms with Gasteiger partial charge in [0.1, 0.15) is 6.61 Å². The second kappa shape index (κ2) is 5.43. The maximum Gasteiger partial charge on any atom is 0.293 e. The number of ether oxygens (including phenoxy) is 1. The van der Waals surface area contributed by atoms with Crippen LogP contribution in [-0.2, 0) is 9.53 Å². The molecule has 0 aliphatic rings. The predicted molar refractivity (Wildman–Crippen MR) is 57.1 cm³/mol. The van der Waals surface area contributed by atoms with Crippen molar-refractivity contribution in [2.75, 3.05) is 6.61 Å². The molecule has 0 bridgehead atoms. The monoisotopic (exact) mass is 244 g/mol. The van der Waals surface area contributed by atoms with Crippen molar-refractivity contribution in [1.29, 1.82) is 0 Å². The second-order valence-corrected chi connectivity index (χ2v) is 3.43. The first kappa shape index (κ1) is 12.4. The van der Waals surface area contributed by atoms with Crippen molar-refractivity contribution in [2.24, 2.45) is 5.73 Å². The standard InChI is InChI=1S/C9H9ClN2O4/c10-6-1-2-9(12(14)15)7(3-6)8(11)4-16-5-13/h1-3,5,8H,4,11H2. The van der Waals surface area contributed by atoms with Gasteiger partial charge in [-0.3, -0.25) is 14.9 Å². The van der Waals surface area contributed by atoms with Crippen LogP contribution in [0.3, 0.4) is 0 Å². The summed E-state index contributed by atoms with van der Waals surface area (Å²) in [5.41, 5.74) is 5.73. The molecule has 0 heterocycles. The number of hydrogen-bond donors (Lipinski definition) is 1. The summed E-state index contributed by atoms with van der Waals surface area (Å²) in [6, 6.07) is 3.28. The third-order valence-electron chi connectivity index (χ3n) is 1.93. The van der Waals surface area contributed by atoms with Crippen LogP contribution in [0.25, 0.3) is 0 Å². The number of hydrogen-bond acceptors (Lipinski definition) is 5. The Hall–Kier alpha value is -1.66. The number of nitro benzene ring substituents is 1. The molecule has 0 aliphatic heterocycles. The zero-order valence-corrected chi connectivity index (χ0v) is 8.89. The van der Waals surface area contributed by atoms with Crippen molar-refractivity contribution < 1.29 is 14.5 Å². The van der Waals surface area contributed by atoms with E-state index in [0.29, 0.717) is 5.02 Å². The summed E-state index contributed by atoms with van der Waals surface area (Å²) in [7, 11) is 0. The van der Waals surface area contributed by atoms with Crippen LogP contribution < -0.4 is 5.73 Å². The predicted octanol–water partition coefficient (Wildman–Crippen LogP) is 1.42. The highest BCUT2D eigenvalue weighted by molar-refractivity contribution is 6.30. The summed E-state index contributed by atoms with van der Waals surface area (Å²) in [5.74, 6) is 0. The molecule has 1 unspecified atom stereocenters. The minimum Gasteiger partial charge on any atom is -0.466 e. The van der Waals surface area contributed by atoms with E-state index in [2.05, 4.69) is 4.74 Å². The van der Waals surface area contributed by atoms with Gasteiger partial charge in [0.2, 0.25) is 0 Å². The molecule has 1 rings (SSSR count). The lowest BCUT2D eigenvalue weighted by Crippen LogP contribution is -2.18. The Morgan fingerprint density at radius 2 is 2.31 bits per heavy atom. The highest BCUT2D eigenvalue weighted by Crippen LogP contribution is 2.27. The van der Waals surface area contributed by atoms with Gasteiger partial charge >= 0.3 is 0 Å². The van der Waals surface area contributed by atoms with Crippen LogP contribution in [-0.4, -0.2) is 18.0 Å². The first-order valence-corrected chi connectivity index (χ1v) is 4.68. The van der Waals surface area contributed by atoms with E-state index in [1.165, 1.54) is 18.2 Å². The quantitative estimate of drug-likeness (QED) is 0.480. The first-order chi connectivity index (χ1) is 7.56. The van der Waals surface area contributed by atoms with Gasteiger partial charge in [-0.2, -0.15) is 0 Å². The Bertz CT molecular complexity index is 410. The molecule has 0 aliphatic carbocycles. The van der Waals surface area contributed by atoms with E-state index in [1.54, 1.807) is 0 Å². The molecule has 6 nitrogen and oxygen atoms in total. The Balaban J connectivity index is 3.03. The second-order valence-electron chi connectivity index (χ2n) is 3.00. The van der Waals surface area contributed by atoms with Crippen LogP contribution in [0.15, 0.2) is 18.2 Å². The van der Waals surface area contributed by atoms with Gasteiger partial charge in [0.25, 0.3) is 12.2 Å². The summed E-state index contributed by atoms with van der Waals surface area (Å²) < 4.78 is 4.45. The van der Waals surface area contributed by atoms with E-state index >= 15 is 0 Å². The SMILES string of the molecule is NC(COC=O)c1cc(Cl)ccc1[N+](=O)[O-]. The van der Waals surface area contributed by atoms with Crippen LogP contribution in [0.5, 0.6) is 0 Å². The van der Waals surface area contributed by atoms with E-state index in [1.807, 2.05) is 0 Å². The van der Waals surface area contributed by atoms with Crippen molar-refractivity contribution in [2.45, 2.75) is 6.04 Å². The lowest BCUT2D eigenvalue weighted by atomic mass is 10.1. The third-order valence-corrected chi connectivity index (χ3v) is 2.16. The topological polar surface area (TPSA) is 95.5 Å². The average Bonchev–Trinajstić information content (AvgIpc) is 2.25. The first-order valence-electron chi connectivity index (χ1n) is 4.31. The van der Waals surface area contributed by atoms with Gasteiger partial charge in [0, 0.05) is 11.1 Å². The van der Waals surface area contributed by atoms with E-state index in [9.17, 15) is 14.9 Å². The smallest absolute Gasteiger partial charge is 0.293 e. The number of rotatable bonds is 5. The minimum atomic E-state index is -0.774. The molecule has 16 heavy (non-hydrogen) atoms. The maximum absolute atomic E-state index is 10.7. The number of nitrogens with two attached hydrogens (primary N) is 1. The number of carbonyl (C=O) groups is 1. The molecule has 7 heteroatoms. The Morgan fingerprint density at radius 1 is 1.62 bits per heavy atom. The van der Waals surface area contributed by atoms with Gasteiger partial charge in [0.05, 0.1) is 16.5 Å². The average molecular weight is 245 g/mol. The van der Waals surface area contributed by atoms with Crippen LogP contribution in [0.4, 0.5) is 5.69 Å². The molecular weight excluding hydrogens is 236 g/mol. The van der Waals surface area contributed by atoms with Crippen molar-refractivity contribution in [3.8, 4) is 0 Å². The van der Waals surface area contributed by atoms with Gasteiger partial charge in [-0.15, -0.1) is 0 Å². The summed E-state index contributed by atoms with van der Waals surface area (Å²) in [6.07, 6.45) is 0. The molecule has 1 aromatic rings. The number of benzene rings is 1. The minimum absolute atomic E-state index is 0.134. The third kappa shape index (κ3) is 2.91. The fourth-order valence-electron chi connectivity index (χ4n) is 1.22. The molecule has 0 amide bonds. The Kier molecular flexibility index (Phi) is 4.21. The normalized spacial score (nSPS) is 11.9. The molecule has 86 valence electrons. The highest BCUT2D eigenvalue weighted by atomic mass is 35.5. The molecule has 0 saturated heterocycles. The fraction of sp³-hybridized carbons (Fsp3) is 0.222.